The summed E-state index contributed by atoms with van der Waals surface area (Å²) >= 11 is 0. The standard InChI is InChI=1S/C14H18O2Si/c1-6-10-16-14(15)12-9-7-8-11(2)13(12)17(3,4)5/h1,7-9H,10H2,2-5H3. The van der Waals surface area contributed by atoms with Crippen LogP contribution in [0.1, 0.15) is 15.9 Å². The molecule has 0 saturated heterocycles. The first-order chi connectivity index (χ1) is 7.88. The van der Waals surface area contributed by atoms with Crippen LogP contribution in [0.5, 0.6) is 0 Å². The van der Waals surface area contributed by atoms with Crippen LogP contribution in [0.3, 0.4) is 0 Å². The fourth-order valence-corrected chi connectivity index (χ4v) is 4.28. The summed E-state index contributed by atoms with van der Waals surface area (Å²) in [5.74, 6) is 1.99. The van der Waals surface area contributed by atoms with Crippen LogP contribution in [-0.2, 0) is 4.74 Å². The van der Waals surface area contributed by atoms with Crippen molar-refractivity contribution in [3.63, 3.8) is 0 Å². The van der Waals surface area contributed by atoms with Crippen molar-refractivity contribution in [2.45, 2.75) is 26.6 Å². The minimum Gasteiger partial charge on any atom is -0.449 e. The monoisotopic (exact) mass is 246 g/mol. The molecule has 1 aromatic carbocycles. The summed E-state index contributed by atoms with van der Waals surface area (Å²) in [5, 5.41) is 1.15. The second kappa shape index (κ2) is 5.20. The largest absolute Gasteiger partial charge is 0.449 e. The average Bonchev–Trinajstić information content (AvgIpc) is 2.23. The van der Waals surface area contributed by atoms with Crippen molar-refractivity contribution in [1.29, 1.82) is 0 Å². The lowest BCUT2D eigenvalue weighted by atomic mass is 10.1. The molecule has 0 spiro atoms. The van der Waals surface area contributed by atoms with Gasteiger partial charge in [0, 0.05) is 0 Å². The van der Waals surface area contributed by atoms with E-state index in [2.05, 4.69) is 25.6 Å². The number of ether oxygens (including phenoxy) is 1. The third-order valence-corrected chi connectivity index (χ3v) is 4.69. The average molecular weight is 246 g/mol. The third-order valence-electron chi connectivity index (χ3n) is 2.53. The zero-order valence-electron chi connectivity index (χ0n) is 10.8. The van der Waals surface area contributed by atoms with Crippen molar-refractivity contribution < 1.29 is 9.53 Å². The van der Waals surface area contributed by atoms with Crippen molar-refractivity contribution in [3.8, 4) is 12.3 Å². The molecule has 2 nitrogen and oxygen atoms in total. The molecule has 0 aliphatic heterocycles. The van der Waals surface area contributed by atoms with E-state index in [4.69, 9.17) is 11.2 Å². The number of rotatable bonds is 3. The Labute approximate surface area is 104 Å². The Hall–Kier alpha value is -1.53. The molecule has 0 N–H and O–H groups in total. The Kier molecular flexibility index (Phi) is 4.14. The van der Waals surface area contributed by atoms with Gasteiger partial charge in [0.2, 0.25) is 0 Å². The van der Waals surface area contributed by atoms with Crippen LogP contribution in [0.15, 0.2) is 18.2 Å². The summed E-state index contributed by atoms with van der Waals surface area (Å²) in [6.07, 6.45) is 5.09. The van der Waals surface area contributed by atoms with Gasteiger partial charge in [-0.1, -0.05) is 43.3 Å². The van der Waals surface area contributed by atoms with Gasteiger partial charge in [-0.2, -0.15) is 0 Å². The number of benzene rings is 1. The number of hydrogen-bond acceptors (Lipinski definition) is 2. The van der Waals surface area contributed by atoms with Gasteiger partial charge in [-0.25, -0.2) is 4.79 Å². The Morgan fingerprint density at radius 2 is 2.06 bits per heavy atom. The molecule has 0 saturated carbocycles. The van der Waals surface area contributed by atoms with Gasteiger partial charge >= 0.3 is 5.97 Å². The van der Waals surface area contributed by atoms with Crippen LogP contribution in [0.25, 0.3) is 0 Å². The van der Waals surface area contributed by atoms with E-state index >= 15 is 0 Å². The van der Waals surface area contributed by atoms with Crippen LogP contribution in [0.4, 0.5) is 0 Å². The lowest BCUT2D eigenvalue weighted by molar-refractivity contribution is 0.0558. The lowest BCUT2D eigenvalue weighted by Gasteiger charge is -2.22. The Bertz CT molecular complexity index is 464. The number of hydrogen-bond donors (Lipinski definition) is 0. The van der Waals surface area contributed by atoms with E-state index < -0.39 is 8.07 Å². The van der Waals surface area contributed by atoms with Crippen LogP contribution in [0.2, 0.25) is 19.6 Å². The van der Waals surface area contributed by atoms with E-state index in [9.17, 15) is 4.79 Å². The van der Waals surface area contributed by atoms with Gasteiger partial charge in [0.1, 0.15) is 0 Å². The van der Waals surface area contributed by atoms with Gasteiger partial charge in [-0.3, -0.25) is 0 Å². The van der Waals surface area contributed by atoms with Gasteiger partial charge in [0.25, 0.3) is 0 Å². The highest BCUT2D eigenvalue weighted by molar-refractivity contribution is 6.89. The second-order valence-corrected chi connectivity index (χ2v) is 10.0. The first-order valence-corrected chi connectivity index (χ1v) is 9.08. The molecule has 0 bridgehead atoms. The van der Waals surface area contributed by atoms with Gasteiger partial charge in [-0.15, -0.1) is 6.42 Å². The molecule has 3 heteroatoms. The molecule has 1 aromatic rings. The molecule has 17 heavy (non-hydrogen) atoms. The quantitative estimate of drug-likeness (QED) is 0.465. The van der Waals surface area contributed by atoms with Crippen molar-refractivity contribution >= 4 is 19.2 Å². The maximum Gasteiger partial charge on any atom is 0.338 e. The topological polar surface area (TPSA) is 26.3 Å². The summed E-state index contributed by atoms with van der Waals surface area (Å²) in [7, 11) is -1.58. The Balaban J connectivity index is 3.21. The molecule has 1 rings (SSSR count). The van der Waals surface area contributed by atoms with Gasteiger partial charge < -0.3 is 4.74 Å². The van der Waals surface area contributed by atoms with Crippen LogP contribution < -0.4 is 5.19 Å². The van der Waals surface area contributed by atoms with E-state index in [1.165, 1.54) is 0 Å². The molecule has 0 aromatic heterocycles. The number of carbonyl (C=O) groups is 1. The van der Waals surface area contributed by atoms with Crippen LogP contribution >= 0.6 is 0 Å². The van der Waals surface area contributed by atoms with Gasteiger partial charge in [0.15, 0.2) is 6.61 Å². The summed E-state index contributed by atoms with van der Waals surface area (Å²) in [6, 6.07) is 5.73. The molecule has 0 radical (unpaired) electrons. The maximum absolute atomic E-state index is 11.9. The zero-order chi connectivity index (χ0) is 13.1. The van der Waals surface area contributed by atoms with Crippen molar-refractivity contribution in [2.75, 3.05) is 6.61 Å². The van der Waals surface area contributed by atoms with Crippen molar-refractivity contribution in [1.82, 2.24) is 0 Å². The normalized spacial score (nSPS) is 10.8. The smallest absolute Gasteiger partial charge is 0.338 e. The maximum atomic E-state index is 11.9. The Morgan fingerprint density at radius 3 is 2.59 bits per heavy atom. The van der Waals surface area contributed by atoms with E-state index in [-0.39, 0.29) is 12.6 Å². The zero-order valence-corrected chi connectivity index (χ0v) is 11.8. The fourth-order valence-electron chi connectivity index (χ4n) is 2.02. The second-order valence-electron chi connectivity index (χ2n) is 5.03. The lowest BCUT2D eigenvalue weighted by Crippen LogP contribution is -2.43. The molecule has 0 atom stereocenters. The molecule has 0 amide bonds. The summed E-state index contributed by atoms with van der Waals surface area (Å²) in [5.41, 5.74) is 1.82. The molecular formula is C14H18O2Si. The van der Waals surface area contributed by atoms with E-state index in [0.29, 0.717) is 5.56 Å². The SMILES string of the molecule is C#CCOC(=O)c1cccc(C)c1[Si](C)(C)C. The van der Waals surface area contributed by atoms with E-state index in [1.807, 2.05) is 25.1 Å². The van der Waals surface area contributed by atoms with Crippen molar-refractivity contribution in [3.05, 3.63) is 29.3 Å². The highest BCUT2D eigenvalue weighted by atomic mass is 28.3. The fraction of sp³-hybridized carbons (Fsp3) is 0.357. The van der Waals surface area contributed by atoms with Crippen LogP contribution in [-0.4, -0.2) is 20.7 Å². The molecule has 0 fully saturated rings. The summed E-state index contributed by atoms with van der Waals surface area (Å²) in [6.45, 7) is 8.71. The predicted molar refractivity (Wildman–Crippen MR) is 73.3 cm³/mol. The first-order valence-electron chi connectivity index (χ1n) is 5.58. The number of terminal acetylenes is 1. The summed E-state index contributed by atoms with van der Waals surface area (Å²) < 4.78 is 5.02. The highest BCUT2D eigenvalue weighted by Gasteiger charge is 2.25. The number of aryl methyl sites for hydroxylation is 1. The van der Waals surface area contributed by atoms with Crippen molar-refractivity contribution in [2.24, 2.45) is 0 Å². The van der Waals surface area contributed by atoms with E-state index in [0.717, 1.165) is 10.8 Å². The van der Waals surface area contributed by atoms with Gasteiger partial charge in [0.05, 0.1) is 13.6 Å². The predicted octanol–water partition coefficient (Wildman–Crippen LogP) is 2.33. The summed E-state index contributed by atoms with van der Waals surface area (Å²) in [4.78, 5) is 11.9. The van der Waals surface area contributed by atoms with Crippen LogP contribution in [0, 0.1) is 19.3 Å². The minimum atomic E-state index is -1.58. The molecule has 0 unspecified atom stereocenters. The number of carbonyl (C=O) groups excluding carboxylic acids is 1. The minimum absolute atomic E-state index is 0.0257. The molecule has 0 heterocycles. The highest BCUT2D eigenvalue weighted by Crippen LogP contribution is 2.12. The Morgan fingerprint density at radius 1 is 1.41 bits per heavy atom. The first kappa shape index (κ1) is 13.5. The van der Waals surface area contributed by atoms with E-state index in [1.54, 1.807) is 0 Å². The molecule has 90 valence electrons. The number of esters is 1. The third kappa shape index (κ3) is 3.21. The molecule has 0 aliphatic rings. The molecular weight excluding hydrogens is 228 g/mol. The van der Waals surface area contributed by atoms with Gasteiger partial charge in [-0.05, 0) is 18.2 Å². The molecule has 0 aliphatic carbocycles.